The number of fused-ring (bicyclic) bond motifs is 1. The molecule has 2 amide bonds. The Labute approximate surface area is 215 Å². The van der Waals surface area contributed by atoms with Gasteiger partial charge in [0.25, 0.3) is 0 Å². The standard InChI is InChI=1S/C23H23BrFN5O5S/c1-3-21(31)29-19-10-15-18(11-20(19)35-8-4-7-26-22(32)12-36(2,33)34)27-13-28-23(15)30-17-6-5-14(24)9-16(17)25/h3,5-6,9-11,13H,1,4,7-8,12H2,2H3,(H,26,32)(H,29,31)(H,27,28,30). The second-order valence-electron chi connectivity index (χ2n) is 7.65. The maximum absolute atomic E-state index is 14.4. The van der Waals surface area contributed by atoms with Crippen LogP contribution in [0.4, 0.5) is 21.6 Å². The van der Waals surface area contributed by atoms with Gasteiger partial charge in [-0.05, 0) is 36.8 Å². The Balaban J connectivity index is 1.80. The molecule has 10 nitrogen and oxygen atoms in total. The average molecular weight is 580 g/mol. The molecule has 1 heterocycles. The van der Waals surface area contributed by atoms with Gasteiger partial charge in [-0.2, -0.15) is 0 Å². The number of ether oxygens (including phenoxy) is 1. The van der Waals surface area contributed by atoms with Crippen LogP contribution < -0.4 is 20.7 Å². The highest BCUT2D eigenvalue weighted by Crippen LogP contribution is 2.34. The number of halogens is 2. The second-order valence-corrected chi connectivity index (χ2v) is 10.7. The summed E-state index contributed by atoms with van der Waals surface area (Å²) >= 11 is 3.22. The molecular weight excluding hydrogens is 557 g/mol. The lowest BCUT2D eigenvalue weighted by Gasteiger charge is -2.15. The number of sulfone groups is 1. The first kappa shape index (κ1) is 27.0. The van der Waals surface area contributed by atoms with E-state index < -0.39 is 33.2 Å². The Morgan fingerprint density at radius 1 is 1.19 bits per heavy atom. The quantitative estimate of drug-likeness (QED) is 0.232. The van der Waals surface area contributed by atoms with E-state index in [0.29, 0.717) is 39.1 Å². The van der Waals surface area contributed by atoms with Crippen LogP contribution in [0.1, 0.15) is 6.42 Å². The van der Waals surface area contributed by atoms with Crippen molar-refractivity contribution in [3.8, 4) is 5.75 Å². The van der Waals surface area contributed by atoms with Gasteiger partial charge in [0, 0.05) is 28.7 Å². The third kappa shape index (κ3) is 7.71. The van der Waals surface area contributed by atoms with E-state index in [0.717, 1.165) is 12.3 Å². The Morgan fingerprint density at radius 2 is 1.97 bits per heavy atom. The van der Waals surface area contributed by atoms with Crippen molar-refractivity contribution in [1.29, 1.82) is 0 Å². The summed E-state index contributed by atoms with van der Waals surface area (Å²) in [7, 11) is -3.41. The van der Waals surface area contributed by atoms with Crippen molar-refractivity contribution >= 4 is 65.7 Å². The van der Waals surface area contributed by atoms with Crippen LogP contribution in [0.2, 0.25) is 0 Å². The number of aromatic nitrogens is 2. The molecule has 190 valence electrons. The van der Waals surface area contributed by atoms with Crippen molar-refractivity contribution in [3.05, 3.63) is 59.6 Å². The predicted molar refractivity (Wildman–Crippen MR) is 139 cm³/mol. The number of nitrogens with zero attached hydrogens (tertiary/aromatic N) is 2. The second kappa shape index (κ2) is 11.9. The van der Waals surface area contributed by atoms with Gasteiger partial charge in [0.15, 0.2) is 9.84 Å². The molecule has 2 aromatic carbocycles. The largest absolute Gasteiger partial charge is 0.491 e. The van der Waals surface area contributed by atoms with E-state index in [4.69, 9.17) is 4.74 Å². The molecular formula is C23H23BrFN5O5S. The van der Waals surface area contributed by atoms with Crippen molar-refractivity contribution in [3.63, 3.8) is 0 Å². The first-order valence-corrected chi connectivity index (χ1v) is 13.4. The Hall–Kier alpha value is -3.58. The van der Waals surface area contributed by atoms with Gasteiger partial charge in [0.05, 0.1) is 23.5 Å². The monoisotopic (exact) mass is 579 g/mol. The highest BCUT2D eigenvalue weighted by molar-refractivity contribution is 9.10. The molecule has 1 aromatic heterocycles. The van der Waals surface area contributed by atoms with Crippen molar-refractivity contribution in [2.24, 2.45) is 0 Å². The van der Waals surface area contributed by atoms with Crippen LogP contribution in [0, 0.1) is 5.82 Å². The number of hydrogen-bond acceptors (Lipinski definition) is 8. The van der Waals surface area contributed by atoms with E-state index in [9.17, 15) is 22.4 Å². The number of benzene rings is 2. The third-order valence-electron chi connectivity index (χ3n) is 4.66. The molecule has 0 aliphatic carbocycles. The van der Waals surface area contributed by atoms with Crippen molar-refractivity contribution in [2.75, 3.05) is 35.8 Å². The zero-order valence-corrected chi connectivity index (χ0v) is 21.6. The van der Waals surface area contributed by atoms with Gasteiger partial charge in [0.2, 0.25) is 11.8 Å². The Kier molecular flexibility index (Phi) is 8.93. The molecule has 0 unspecified atom stereocenters. The van der Waals surface area contributed by atoms with Crippen LogP contribution in [0.5, 0.6) is 5.75 Å². The summed E-state index contributed by atoms with van der Waals surface area (Å²) in [5.74, 6) is -1.52. The summed E-state index contributed by atoms with van der Waals surface area (Å²) in [6.45, 7) is 3.80. The minimum Gasteiger partial charge on any atom is -0.491 e. The molecule has 0 atom stereocenters. The van der Waals surface area contributed by atoms with E-state index in [1.165, 1.54) is 12.4 Å². The van der Waals surface area contributed by atoms with E-state index in [1.54, 1.807) is 24.3 Å². The van der Waals surface area contributed by atoms with Gasteiger partial charge in [-0.3, -0.25) is 9.59 Å². The van der Waals surface area contributed by atoms with E-state index in [1.807, 2.05) is 0 Å². The van der Waals surface area contributed by atoms with Gasteiger partial charge < -0.3 is 20.7 Å². The van der Waals surface area contributed by atoms with Gasteiger partial charge in [-0.15, -0.1) is 0 Å². The highest BCUT2D eigenvalue weighted by Gasteiger charge is 2.14. The molecule has 0 bridgehead atoms. The van der Waals surface area contributed by atoms with Crippen molar-refractivity contribution in [2.45, 2.75) is 6.42 Å². The topological polar surface area (TPSA) is 139 Å². The first-order chi connectivity index (χ1) is 17.1. The Morgan fingerprint density at radius 3 is 2.67 bits per heavy atom. The van der Waals surface area contributed by atoms with Crippen molar-refractivity contribution in [1.82, 2.24) is 15.3 Å². The molecule has 0 saturated carbocycles. The molecule has 0 aliphatic rings. The first-order valence-electron chi connectivity index (χ1n) is 10.6. The number of rotatable bonds is 11. The number of carbonyl (C=O) groups excluding carboxylic acids is 2. The fraction of sp³-hybridized carbons (Fsp3) is 0.217. The van der Waals surface area contributed by atoms with E-state index >= 15 is 0 Å². The van der Waals surface area contributed by atoms with Crippen LogP contribution >= 0.6 is 15.9 Å². The minimum atomic E-state index is -3.41. The number of anilines is 3. The normalized spacial score (nSPS) is 11.1. The minimum absolute atomic E-state index is 0.155. The summed E-state index contributed by atoms with van der Waals surface area (Å²) in [6, 6.07) is 7.75. The van der Waals surface area contributed by atoms with Gasteiger partial charge in [0.1, 0.15) is 29.5 Å². The zero-order chi connectivity index (χ0) is 26.3. The average Bonchev–Trinajstić information content (AvgIpc) is 2.79. The third-order valence-corrected chi connectivity index (χ3v) is 5.94. The predicted octanol–water partition coefficient (Wildman–Crippen LogP) is 3.33. The van der Waals surface area contributed by atoms with Crippen LogP contribution in [0.15, 0.2) is 53.8 Å². The molecule has 0 saturated heterocycles. The van der Waals surface area contributed by atoms with Gasteiger partial charge >= 0.3 is 0 Å². The summed E-state index contributed by atoms with van der Waals surface area (Å²) in [4.78, 5) is 32.1. The van der Waals surface area contributed by atoms with E-state index in [2.05, 4.69) is 48.4 Å². The Bertz CT molecular complexity index is 1420. The number of hydrogen-bond donors (Lipinski definition) is 3. The molecule has 3 rings (SSSR count). The lowest BCUT2D eigenvalue weighted by atomic mass is 10.1. The fourth-order valence-corrected chi connectivity index (χ4v) is 3.99. The molecule has 0 fully saturated rings. The molecule has 13 heteroatoms. The fourth-order valence-electron chi connectivity index (χ4n) is 3.07. The van der Waals surface area contributed by atoms with Crippen LogP contribution in [0.25, 0.3) is 10.9 Å². The summed E-state index contributed by atoms with van der Waals surface area (Å²) in [6.07, 6.45) is 3.77. The molecule has 0 aliphatic heterocycles. The number of carbonyl (C=O) groups is 2. The van der Waals surface area contributed by atoms with Crippen LogP contribution in [0.3, 0.4) is 0 Å². The lowest BCUT2D eigenvalue weighted by Crippen LogP contribution is -2.31. The summed E-state index contributed by atoms with van der Waals surface area (Å²) < 4.78 is 43.1. The lowest BCUT2D eigenvalue weighted by molar-refractivity contribution is -0.118. The smallest absolute Gasteiger partial charge is 0.247 e. The molecule has 0 radical (unpaired) electrons. The maximum atomic E-state index is 14.4. The summed E-state index contributed by atoms with van der Waals surface area (Å²) in [5, 5.41) is 8.61. The maximum Gasteiger partial charge on any atom is 0.247 e. The molecule has 36 heavy (non-hydrogen) atoms. The highest BCUT2D eigenvalue weighted by atomic mass is 79.9. The molecule has 3 N–H and O–H groups in total. The van der Waals surface area contributed by atoms with Crippen molar-refractivity contribution < 1.29 is 27.1 Å². The summed E-state index contributed by atoms with van der Waals surface area (Å²) in [5.41, 5.74) is 0.980. The number of amides is 2. The van der Waals surface area contributed by atoms with Gasteiger partial charge in [-0.1, -0.05) is 22.5 Å². The zero-order valence-electron chi connectivity index (χ0n) is 19.2. The SMILES string of the molecule is C=CC(=O)Nc1cc2c(Nc3ccc(Br)cc3F)ncnc2cc1OCCCNC(=O)CS(C)(=O)=O. The van der Waals surface area contributed by atoms with E-state index in [-0.39, 0.29) is 18.8 Å². The molecule has 3 aromatic rings. The van der Waals surface area contributed by atoms with Gasteiger partial charge in [-0.25, -0.2) is 22.8 Å². The van der Waals surface area contributed by atoms with Crippen LogP contribution in [-0.2, 0) is 19.4 Å². The number of nitrogens with one attached hydrogen (secondary N) is 3. The van der Waals surface area contributed by atoms with Crippen LogP contribution in [-0.4, -0.2) is 55.4 Å². The molecule has 0 spiro atoms.